The molecule has 1 amide bonds. The maximum Gasteiger partial charge on any atom is 0.237 e. The van der Waals surface area contributed by atoms with Crippen molar-refractivity contribution < 1.29 is 4.79 Å². The summed E-state index contributed by atoms with van der Waals surface area (Å²) >= 11 is 0. The molecule has 1 aromatic heterocycles. The van der Waals surface area contributed by atoms with Crippen molar-refractivity contribution in [2.24, 2.45) is 0 Å². The quantitative estimate of drug-likeness (QED) is 0.810. The Bertz CT molecular complexity index is 565. The summed E-state index contributed by atoms with van der Waals surface area (Å²) < 4.78 is 1.84. The lowest BCUT2D eigenvalue weighted by Gasteiger charge is -2.14. The number of aromatic nitrogens is 2. The lowest BCUT2D eigenvalue weighted by molar-refractivity contribution is -0.122. The van der Waals surface area contributed by atoms with E-state index in [0.717, 1.165) is 12.1 Å². The zero-order valence-corrected chi connectivity index (χ0v) is 12.5. The fourth-order valence-corrected chi connectivity index (χ4v) is 2.06. The van der Waals surface area contributed by atoms with Crippen molar-refractivity contribution in [2.45, 2.75) is 33.0 Å². The second-order valence-electron chi connectivity index (χ2n) is 5.09. The molecule has 5 nitrogen and oxygen atoms in total. The summed E-state index contributed by atoms with van der Waals surface area (Å²) in [6.45, 7) is 5.95. The Labute approximate surface area is 125 Å². The predicted molar refractivity (Wildman–Crippen MR) is 82.7 cm³/mol. The molecule has 2 N–H and O–H groups in total. The molecule has 0 aliphatic heterocycles. The highest BCUT2D eigenvalue weighted by Crippen LogP contribution is 2.06. The Morgan fingerprint density at radius 1 is 1.33 bits per heavy atom. The first-order valence-electron chi connectivity index (χ1n) is 7.20. The minimum Gasteiger partial charge on any atom is -0.351 e. The van der Waals surface area contributed by atoms with Gasteiger partial charge in [-0.3, -0.25) is 9.48 Å². The van der Waals surface area contributed by atoms with Crippen LogP contribution in [-0.4, -0.2) is 28.3 Å². The molecule has 1 heterocycles. The number of nitrogens with zero attached hydrogens (tertiary/aromatic N) is 2. The molecule has 21 heavy (non-hydrogen) atoms. The highest BCUT2D eigenvalue weighted by Gasteiger charge is 2.11. The average molecular weight is 286 g/mol. The first-order valence-corrected chi connectivity index (χ1v) is 7.20. The van der Waals surface area contributed by atoms with Gasteiger partial charge in [0.15, 0.2) is 0 Å². The van der Waals surface area contributed by atoms with Crippen LogP contribution in [0.2, 0.25) is 0 Å². The minimum absolute atomic E-state index is 0.0127. The van der Waals surface area contributed by atoms with E-state index >= 15 is 0 Å². The van der Waals surface area contributed by atoms with E-state index in [0.29, 0.717) is 13.1 Å². The Morgan fingerprint density at radius 3 is 2.86 bits per heavy atom. The van der Waals surface area contributed by atoms with E-state index in [1.807, 2.05) is 55.1 Å². The standard InChI is InChI=1S/C16H22N4O/c1-13-6-3-4-7-15(13)12-18-16(21)14(2)17-9-11-20-10-5-8-19-20/h3-8,10,14,17H,9,11-12H2,1-2H3,(H,18,21)/t14-/m1/s1. The van der Waals surface area contributed by atoms with Crippen molar-refractivity contribution in [3.05, 3.63) is 53.9 Å². The molecule has 1 aromatic carbocycles. The van der Waals surface area contributed by atoms with Gasteiger partial charge in [0.1, 0.15) is 0 Å². The Balaban J connectivity index is 1.71. The predicted octanol–water partition coefficient (Wildman–Crippen LogP) is 1.49. The summed E-state index contributed by atoms with van der Waals surface area (Å²) in [6, 6.07) is 9.74. The zero-order valence-electron chi connectivity index (χ0n) is 12.5. The summed E-state index contributed by atoms with van der Waals surface area (Å²) in [5.41, 5.74) is 2.34. The fraction of sp³-hybridized carbons (Fsp3) is 0.375. The number of nitrogens with one attached hydrogen (secondary N) is 2. The molecule has 2 aromatic rings. The third-order valence-corrected chi connectivity index (χ3v) is 3.46. The molecule has 0 aliphatic carbocycles. The summed E-state index contributed by atoms with van der Waals surface area (Å²) in [7, 11) is 0. The lowest BCUT2D eigenvalue weighted by atomic mass is 10.1. The van der Waals surface area contributed by atoms with Crippen molar-refractivity contribution in [1.29, 1.82) is 0 Å². The van der Waals surface area contributed by atoms with Gasteiger partial charge in [-0.1, -0.05) is 24.3 Å². The van der Waals surface area contributed by atoms with Gasteiger partial charge in [-0.2, -0.15) is 5.10 Å². The van der Waals surface area contributed by atoms with Crippen molar-refractivity contribution in [3.8, 4) is 0 Å². The van der Waals surface area contributed by atoms with Crippen molar-refractivity contribution in [1.82, 2.24) is 20.4 Å². The molecule has 0 saturated carbocycles. The SMILES string of the molecule is Cc1ccccc1CNC(=O)[C@@H](C)NCCn1cccn1. The number of carbonyl (C=O) groups is 1. The second kappa shape index (κ2) is 7.59. The van der Waals surface area contributed by atoms with E-state index in [2.05, 4.69) is 15.7 Å². The van der Waals surface area contributed by atoms with E-state index in [1.54, 1.807) is 6.20 Å². The van der Waals surface area contributed by atoms with Gasteiger partial charge in [-0.25, -0.2) is 0 Å². The van der Waals surface area contributed by atoms with E-state index in [9.17, 15) is 4.79 Å². The van der Waals surface area contributed by atoms with Gasteiger partial charge in [0.2, 0.25) is 5.91 Å². The van der Waals surface area contributed by atoms with Gasteiger partial charge < -0.3 is 10.6 Å². The molecule has 0 radical (unpaired) electrons. The van der Waals surface area contributed by atoms with E-state index in [-0.39, 0.29) is 11.9 Å². The van der Waals surface area contributed by atoms with Crippen LogP contribution in [0.3, 0.4) is 0 Å². The number of benzene rings is 1. The molecule has 1 atom stereocenters. The number of hydrogen-bond acceptors (Lipinski definition) is 3. The van der Waals surface area contributed by atoms with Crippen LogP contribution in [0.5, 0.6) is 0 Å². The third-order valence-electron chi connectivity index (χ3n) is 3.46. The monoisotopic (exact) mass is 286 g/mol. The molecule has 0 bridgehead atoms. The van der Waals surface area contributed by atoms with Crippen molar-refractivity contribution in [3.63, 3.8) is 0 Å². The number of hydrogen-bond donors (Lipinski definition) is 2. The molecule has 2 rings (SSSR count). The normalized spacial score (nSPS) is 12.1. The van der Waals surface area contributed by atoms with Crippen LogP contribution in [0.4, 0.5) is 0 Å². The Morgan fingerprint density at radius 2 is 2.14 bits per heavy atom. The maximum atomic E-state index is 12.0. The van der Waals surface area contributed by atoms with Gasteiger partial charge in [-0.05, 0) is 31.0 Å². The summed E-state index contributed by atoms with van der Waals surface area (Å²) in [5, 5.41) is 10.3. The van der Waals surface area contributed by atoms with Gasteiger partial charge in [0.25, 0.3) is 0 Å². The number of carbonyl (C=O) groups excluding carboxylic acids is 1. The van der Waals surface area contributed by atoms with E-state index < -0.39 is 0 Å². The summed E-state index contributed by atoms with van der Waals surface area (Å²) in [4.78, 5) is 12.0. The van der Waals surface area contributed by atoms with Crippen molar-refractivity contribution >= 4 is 5.91 Å². The highest BCUT2D eigenvalue weighted by molar-refractivity contribution is 5.81. The van der Waals surface area contributed by atoms with Crippen LogP contribution in [0, 0.1) is 6.92 Å². The van der Waals surface area contributed by atoms with Crippen LogP contribution in [-0.2, 0) is 17.9 Å². The van der Waals surface area contributed by atoms with Gasteiger partial charge in [0.05, 0.1) is 12.6 Å². The Hall–Kier alpha value is -2.14. The molecule has 112 valence electrons. The lowest BCUT2D eigenvalue weighted by Crippen LogP contribution is -2.43. The first kappa shape index (κ1) is 15.3. The fourth-order valence-electron chi connectivity index (χ4n) is 2.06. The second-order valence-corrected chi connectivity index (χ2v) is 5.09. The largest absolute Gasteiger partial charge is 0.351 e. The van der Waals surface area contributed by atoms with E-state index in [4.69, 9.17) is 0 Å². The first-order chi connectivity index (χ1) is 10.2. The third kappa shape index (κ3) is 4.72. The molecule has 5 heteroatoms. The topological polar surface area (TPSA) is 59.0 Å². The number of amides is 1. The smallest absolute Gasteiger partial charge is 0.237 e. The Kier molecular flexibility index (Phi) is 5.51. The van der Waals surface area contributed by atoms with Crippen molar-refractivity contribution in [2.75, 3.05) is 6.54 Å². The maximum absolute atomic E-state index is 12.0. The van der Waals surface area contributed by atoms with Crippen LogP contribution in [0.25, 0.3) is 0 Å². The van der Waals surface area contributed by atoms with Crippen LogP contribution >= 0.6 is 0 Å². The summed E-state index contributed by atoms with van der Waals surface area (Å²) in [6.07, 6.45) is 3.66. The van der Waals surface area contributed by atoms with Gasteiger partial charge >= 0.3 is 0 Å². The van der Waals surface area contributed by atoms with Crippen LogP contribution in [0.1, 0.15) is 18.1 Å². The molecule has 0 fully saturated rings. The minimum atomic E-state index is -0.218. The molecule has 0 unspecified atom stereocenters. The molecule has 0 aliphatic rings. The number of rotatable bonds is 7. The average Bonchev–Trinajstić information content (AvgIpc) is 2.99. The zero-order chi connectivity index (χ0) is 15.1. The van der Waals surface area contributed by atoms with E-state index in [1.165, 1.54) is 5.56 Å². The molecular weight excluding hydrogens is 264 g/mol. The highest BCUT2D eigenvalue weighted by atomic mass is 16.2. The molecule has 0 spiro atoms. The van der Waals surface area contributed by atoms with Gasteiger partial charge in [-0.15, -0.1) is 0 Å². The van der Waals surface area contributed by atoms with Gasteiger partial charge in [0, 0.05) is 25.5 Å². The summed E-state index contributed by atoms with van der Waals surface area (Å²) in [5.74, 6) is 0.0127. The number of aryl methyl sites for hydroxylation is 1. The van der Waals surface area contributed by atoms with Crippen LogP contribution < -0.4 is 10.6 Å². The molecule has 0 saturated heterocycles. The molecular formula is C16H22N4O. The van der Waals surface area contributed by atoms with Crippen LogP contribution in [0.15, 0.2) is 42.7 Å².